The summed E-state index contributed by atoms with van der Waals surface area (Å²) in [6, 6.07) is 16.5. The maximum absolute atomic E-state index is 13.1. The standard InChI is InChI=1S/C16H14ClFN2/c17-14-10-12(6-7-15(14)18)11-20-16(8-9-19)13-4-2-1-3-5-13/h1-7,10,16,20H,8,11H2. The third-order valence-corrected chi connectivity index (χ3v) is 3.32. The van der Waals surface area contributed by atoms with Gasteiger partial charge in [0.1, 0.15) is 5.82 Å². The van der Waals surface area contributed by atoms with Crippen molar-refractivity contribution in [2.24, 2.45) is 0 Å². The summed E-state index contributed by atoms with van der Waals surface area (Å²) in [5.41, 5.74) is 1.94. The molecular formula is C16H14ClFN2. The molecule has 0 aliphatic rings. The first-order valence-corrected chi connectivity index (χ1v) is 6.67. The Morgan fingerprint density at radius 2 is 1.95 bits per heavy atom. The molecule has 1 unspecified atom stereocenters. The van der Waals surface area contributed by atoms with Crippen LogP contribution in [0.1, 0.15) is 23.6 Å². The van der Waals surface area contributed by atoms with E-state index in [2.05, 4.69) is 11.4 Å². The Morgan fingerprint density at radius 1 is 1.20 bits per heavy atom. The SMILES string of the molecule is N#CCC(NCc1ccc(F)c(Cl)c1)c1ccccc1. The third-order valence-electron chi connectivity index (χ3n) is 3.03. The van der Waals surface area contributed by atoms with Gasteiger partial charge in [0.25, 0.3) is 0 Å². The van der Waals surface area contributed by atoms with E-state index in [-0.39, 0.29) is 11.1 Å². The summed E-state index contributed by atoms with van der Waals surface area (Å²) in [5, 5.41) is 12.3. The van der Waals surface area contributed by atoms with E-state index in [0.717, 1.165) is 11.1 Å². The molecule has 0 saturated heterocycles. The van der Waals surface area contributed by atoms with E-state index < -0.39 is 5.82 Å². The average Bonchev–Trinajstić information content (AvgIpc) is 2.48. The van der Waals surface area contributed by atoms with E-state index in [1.54, 1.807) is 12.1 Å². The minimum Gasteiger partial charge on any atom is -0.305 e. The van der Waals surface area contributed by atoms with Crippen molar-refractivity contribution in [1.29, 1.82) is 5.26 Å². The highest BCUT2D eigenvalue weighted by atomic mass is 35.5. The molecule has 2 aromatic rings. The van der Waals surface area contributed by atoms with Gasteiger partial charge in [-0.05, 0) is 23.3 Å². The topological polar surface area (TPSA) is 35.8 Å². The highest BCUT2D eigenvalue weighted by molar-refractivity contribution is 6.30. The molecule has 0 bridgehead atoms. The molecule has 4 heteroatoms. The van der Waals surface area contributed by atoms with E-state index in [1.165, 1.54) is 6.07 Å². The number of halogens is 2. The summed E-state index contributed by atoms with van der Waals surface area (Å²) in [4.78, 5) is 0. The first-order chi connectivity index (χ1) is 9.70. The van der Waals surface area contributed by atoms with E-state index in [0.29, 0.717) is 13.0 Å². The number of hydrogen-bond donors (Lipinski definition) is 1. The van der Waals surface area contributed by atoms with E-state index in [9.17, 15) is 4.39 Å². The van der Waals surface area contributed by atoms with Crippen LogP contribution in [0.5, 0.6) is 0 Å². The van der Waals surface area contributed by atoms with Gasteiger partial charge in [-0.25, -0.2) is 4.39 Å². The number of nitrogens with one attached hydrogen (secondary N) is 1. The number of hydrogen-bond acceptors (Lipinski definition) is 2. The van der Waals surface area contributed by atoms with Crippen molar-refractivity contribution in [3.8, 4) is 6.07 Å². The Labute approximate surface area is 122 Å². The average molecular weight is 289 g/mol. The van der Waals surface area contributed by atoms with Gasteiger partial charge >= 0.3 is 0 Å². The second-order valence-electron chi connectivity index (χ2n) is 4.45. The zero-order valence-electron chi connectivity index (χ0n) is 10.8. The van der Waals surface area contributed by atoms with Gasteiger partial charge in [0.15, 0.2) is 0 Å². The minimum absolute atomic E-state index is 0.0509. The quantitative estimate of drug-likeness (QED) is 0.894. The van der Waals surface area contributed by atoms with Crippen LogP contribution in [0.25, 0.3) is 0 Å². The lowest BCUT2D eigenvalue weighted by Gasteiger charge is -2.16. The molecule has 0 radical (unpaired) electrons. The van der Waals surface area contributed by atoms with E-state index in [4.69, 9.17) is 16.9 Å². The van der Waals surface area contributed by atoms with Crippen molar-refractivity contribution >= 4 is 11.6 Å². The molecule has 2 nitrogen and oxygen atoms in total. The summed E-state index contributed by atoms with van der Waals surface area (Å²) in [6.07, 6.45) is 0.374. The molecule has 0 heterocycles. The summed E-state index contributed by atoms with van der Waals surface area (Å²) >= 11 is 5.75. The van der Waals surface area contributed by atoms with Crippen molar-refractivity contribution in [1.82, 2.24) is 5.32 Å². The van der Waals surface area contributed by atoms with Crippen molar-refractivity contribution in [2.75, 3.05) is 0 Å². The molecule has 2 aromatic carbocycles. The molecule has 0 fully saturated rings. The van der Waals surface area contributed by atoms with Crippen LogP contribution in [-0.2, 0) is 6.54 Å². The van der Waals surface area contributed by atoms with Gasteiger partial charge in [-0.1, -0.05) is 48.0 Å². The normalized spacial score (nSPS) is 11.8. The predicted octanol–water partition coefficient (Wildman–Crippen LogP) is 4.22. The third kappa shape index (κ3) is 3.80. The Kier molecular flexibility index (Phi) is 5.11. The van der Waals surface area contributed by atoms with Crippen molar-refractivity contribution in [3.63, 3.8) is 0 Å². The van der Waals surface area contributed by atoms with Crippen molar-refractivity contribution in [3.05, 3.63) is 70.5 Å². The fourth-order valence-corrected chi connectivity index (χ4v) is 2.18. The molecule has 1 N–H and O–H groups in total. The Morgan fingerprint density at radius 3 is 2.60 bits per heavy atom. The van der Waals surface area contributed by atoms with Gasteiger partial charge in [-0.3, -0.25) is 0 Å². The second-order valence-corrected chi connectivity index (χ2v) is 4.86. The molecule has 0 aromatic heterocycles. The lowest BCUT2D eigenvalue weighted by Crippen LogP contribution is -2.20. The lowest BCUT2D eigenvalue weighted by molar-refractivity contribution is 0.541. The molecule has 1 atom stereocenters. The molecule has 0 amide bonds. The smallest absolute Gasteiger partial charge is 0.141 e. The molecule has 20 heavy (non-hydrogen) atoms. The highest BCUT2D eigenvalue weighted by Gasteiger charge is 2.10. The maximum atomic E-state index is 13.1. The number of nitriles is 1. The molecule has 2 rings (SSSR count). The summed E-state index contributed by atoms with van der Waals surface area (Å²) in [5.74, 6) is -0.424. The van der Waals surface area contributed by atoms with Crippen molar-refractivity contribution < 1.29 is 4.39 Å². The highest BCUT2D eigenvalue weighted by Crippen LogP contribution is 2.19. The summed E-state index contributed by atoms with van der Waals surface area (Å²) in [7, 11) is 0. The van der Waals surface area contributed by atoms with Gasteiger partial charge in [0.2, 0.25) is 0 Å². The molecule has 0 spiro atoms. The number of nitrogens with zero attached hydrogens (tertiary/aromatic N) is 1. The van der Waals surface area contributed by atoms with Crippen LogP contribution in [0.4, 0.5) is 4.39 Å². The monoisotopic (exact) mass is 288 g/mol. The van der Waals surface area contributed by atoms with Crippen molar-refractivity contribution in [2.45, 2.75) is 19.0 Å². The van der Waals surface area contributed by atoms with Gasteiger partial charge in [-0.15, -0.1) is 0 Å². The summed E-state index contributed by atoms with van der Waals surface area (Å²) < 4.78 is 13.1. The fourth-order valence-electron chi connectivity index (χ4n) is 1.98. The predicted molar refractivity (Wildman–Crippen MR) is 77.7 cm³/mol. The minimum atomic E-state index is -0.424. The van der Waals surface area contributed by atoms with Crippen LogP contribution < -0.4 is 5.32 Å². The van der Waals surface area contributed by atoms with E-state index >= 15 is 0 Å². The Bertz CT molecular complexity index is 608. The molecule has 0 aliphatic heterocycles. The van der Waals surface area contributed by atoms with Gasteiger partial charge < -0.3 is 5.32 Å². The van der Waals surface area contributed by atoms with Crippen LogP contribution in [-0.4, -0.2) is 0 Å². The van der Waals surface area contributed by atoms with Crippen LogP contribution in [0.3, 0.4) is 0 Å². The zero-order valence-corrected chi connectivity index (χ0v) is 11.6. The van der Waals surface area contributed by atoms with Gasteiger partial charge in [-0.2, -0.15) is 5.26 Å². The molecule has 102 valence electrons. The Balaban J connectivity index is 2.06. The first-order valence-electron chi connectivity index (χ1n) is 6.30. The van der Waals surface area contributed by atoms with Gasteiger partial charge in [0, 0.05) is 12.6 Å². The molecular weight excluding hydrogens is 275 g/mol. The van der Waals surface area contributed by atoms with Gasteiger partial charge in [0.05, 0.1) is 17.5 Å². The Hall–Kier alpha value is -1.89. The fraction of sp³-hybridized carbons (Fsp3) is 0.188. The molecule has 0 aliphatic carbocycles. The number of benzene rings is 2. The van der Waals surface area contributed by atoms with Crippen LogP contribution in [0.15, 0.2) is 48.5 Å². The van der Waals surface area contributed by atoms with Crippen LogP contribution >= 0.6 is 11.6 Å². The van der Waals surface area contributed by atoms with Crippen LogP contribution in [0.2, 0.25) is 5.02 Å². The largest absolute Gasteiger partial charge is 0.305 e. The second kappa shape index (κ2) is 7.04. The zero-order chi connectivity index (χ0) is 14.4. The lowest BCUT2D eigenvalue weighted by atomic mass is 10.0. The van der Waals surface area contributed by atoms with Crippen LogP contribution in [0, 0.1) is 17.1 Å². The number of rotatable bonds is 5. The molecule has 0 saturated carbocycles. The summed E-state index contributed by atoms with van der Waals surface area (Å²) in [6.45, 7) is 0.529. The van der Waals surface area contributed by atoms with E-state index in [1.807, 2.05) is 30.3 Å². The maximum Gasteiger partial charge on any atom is 0.141 e. The first kappa shape index (κ1) is 14.5.